The molecule has 13 heteroatoms. The number of methoxy groups -OCH3 is 1. The van der Waals surface area contributed by atoms with E-state index in [0.717, 1.165) is 11.4 Å². The van der Waals surface area contributed by atoms with Crippen molar-refractivity contribution in [3.05, 3.63) is 35.7 Å². The normalized spacial score (nSPS) is 15.0. The third-order valence-corrected chi connectivity index (χ3v) is 7.88. The van der Waals surface area contributed by atoms with Crippen molar-refractivity contribution in [1.29, 1.82) is 0 Å². The predicted octanol–water partition coefficient (Wildman–Crippen LogP) is 1.50. The maximum Gasteiger partial charge on any atom is 0.256 e. The molecule has 1 amide bonds. The summed E-state index contributed by atoms with van der Waals surface area (Å²) in [7, 11) is -2.39. The summed E-state index contributed by atoms with van der Waals surface area (Å²) in [6, 6.07) is 6.45. The van der Waals surface area contributed by atoms with Gasteiger partial charge < -0.3 is 14.8 Å². The molecule has 33 heavy (non-hydrogen) atoms. The summed E-state index contributed by atoms with van der Waals surface area (Å²) in [5.74, 6) is 0.436. The van der Waals surface area contributed by atoms with E-state index in [1.54, 1.807) is 10.5 Å². The van der Waals surface area contributed by atoms with Crippen LogP contribution in [-0.4, -0.2) is 77.4 Å². The second-order valence-electron chi connectivity index (χ2n) is 7.38. The van der Waals surface area contributed by atoms with Crippen molar-refractivity contribution < 1.29 is 22.7 Å². The Kier molecular flexibility index (Phi) is 6.83. The maximum atomic E-state index is 13.1. The van der Waals surface area contributed by atoms with E-state index >= 15 is 0 Å². The molecule has 0 radical (unpaired) electrons. The lowest BCUT2D eigenvalue weighted by molar-refractivity contribution is -0.113. The molecule has 0 unspecified atom stereocenters. The third kappa shape index (κ3) is 4.95. The van der Waals surface area contributed by atoms with Crippen molar-refractivity contribution in [3.63, 3.8) is 0 Å². The van der Waals surface area contributed by atoms with E-state index in [1.165, 1.54) is 35.3 Å². The van der Waals surface area contributed by atoms with E-state index in [4.69, 9.17) is 9.47 Å². The van der Waals surface area contributed by atoms with E-state index in [2.05, 4.69) is 20.5 Å². The number of nitrogens with one attached hydrogen (secondary N) is 1. The van der Waals surface area contributed by atoms with E-state index < -0.39 is 10.0 Å². The highest BCUT2D eigenvalue weighted by Crippen LogP contribution is 2.30. The zero-order chi connectivity index (χ0) is 23.6. The first kappa shape index (κ1) is 23.4. The van der Waals surface area contributed by atoms with Gasteiger partial charge >= 0.3 is 0 Å². The molecule has 0 atom stereocenters. The van der Waals surface area contributed by atoms with Crippen molar-refractivity contribution in [1.82, 2.24) is 23.9 Å². The van der Waals surface area contributed by atoms with Crippen LogP contribution < -0.4 is 10.1 Å². The number of aryl methyl sites for hydroxylation is 2. The third-order valence-electron chi connectivity index (χ3n) is 5.03. The molecule has 1 aliphatic rings. The van der Waals surface area contributed by atoms with E-state index in [-0.39, 0.29) is 35.4 Å². The lowest BCUT2D eigenvalue weighted by atomic mass is 10.3. The van der Waals surface area contributed by atoms with Crippen LogP contribution in [-0.2, 0) is 19.6 Å². The summed E-state index contributed by atoms with van der Waals surface area (Å²) in [5, 5.41) is 11.5. The molecule has 1 aromatic carbocycles. The monoisotopic (exact) mass is 492 g/mol. The quantitative estimate of drug-likeness (QED) is 0.488. The zero-order valence-electron chi connectivity index (χ0n) is 18.4. The average molecular weight is 493 g/mol. The van der Waals surface area contributed by atoms with Crippen LogP contribution in [0.4, 0.5) is 5.69 Å². The lowest BCUT2D eigenvalue weighted by Crippen LogP contribution is -2.40. The number of carbonyl (C=O) groups excluding carboxylic acids is 1. The molecule has 0 saturated carbocycles. The Hall–Kier alpha value is -2.74. The van der Waals surface area contributed by atoms with Gasteiger partial charge in [-0.2, -0.15) is 4.31 Å². The van der Waals surface area contributed by atoms with Gasteiger partial charge in [0.05, 0.1) is 26.1 Å². The van der Waals surface area contributed by atoms with Crippen LogP contribution in [0.1, 0.15) is 11.4 Å². The maximum absolute atomic E-state index is 13.1. The Morgan fingerprint density at radius 3 is 2.70 bits per heavy atom. The SMILES string of the molecule is COc1ccc(NC(=O)CSc2nnc3nc(C)cc(C)n23)cc1S(=O)(=O)N1CCOCC1. The number of hydrogen-bond acceptors (Lipinski definition) is 9. The second kappa shape index (κ2) is 9.63. The molecule has 3 aromatic rings. The Bertz CT molecular complexity index is 1290. The van der Waals surface area contributed by atoms with Crippen molar-refractivity contribution in [3.8, 4) is 5.75 Å². The Morgan fingerprint density at radius 1 is 1.21 bits per heavy atom. The molecular weight excluding hydrogens is 468 g/mol. The minimum absolute atomic E-state index is 0.00197. The van der Waals surface area contributed by atoms with Crippen LogP contribution in [0, 0.1) is 13.8 Å². The number of nitrogens with zero attached hydrogens (tertiary/aromatic N) is 5. The number of ether oxygens (including phenoxy) is 2. The number of morpholine rings is 1. The van der Waals surface area contributed by atoms with Gasteiger partial charge in [0.15, 0.2) is 5.16 Å². The number of aromatic nitrogens is 4. The van der Waals surface area contributed by atoms with E-state index in [9.17, 15) is 13.2 Å². The fraction of sp³-hybridized carbons (Fsp3) is 0.400. The summed E-state index contributed by atoms with van der Waals surface area (Å²) in [4.78, 5) is 16.9. The summed E-state index contributed by atoms with van der Waals surface area (Å²) in [5.41, 5.74) is 2.11. The van der Waals surface area contributed by atoms with Crippen LogP contribution in [0.3, 0.4) is 0 Å². The molecule has 2 aromatic heterocycles. The summed E-state index contributed by atoms with van der Waals surface area (Å²) in [6.45, 7) is 4.99. The second-order valence-corrected chi connectivity index (χ2v) is 10.2. The Morgan fingerprint density at radius 2 is 1.97 bits per heavy atom. The number of amides is 1. The number of anilines is 1. The number of benzene rings is 1. The van der Waals surface area contributed by atoms with Gasteiger partial charge in [0.2, 0.25) is 15.9 Å². The van der Waals surface area contributed by atoms with E-state index in [1.807, 2.05) is 19.9 Å². The highest BCUT2D eigenvalue weighted by atomic mass is 32.2. The fourth-order valence-corrected chi connectivity index (χ4v) is 5.88. The van der Waals surface area contributed by atoms with Crippen LogP contribution >= 0.6 is 11.8 Å². The molecule has 0 aliphatic carbocycles. The molecule has 1 saturated heterocycles. The molecule has 0 spiro atoms. The van der Waals surface area contributed by atoms with Crippen LogP contribution in [0.5, 0.6) is 5.75 Å². The predicted molar refractivity (Wildman–Crippen MR) is 122 cm³/mol. The van der Waals surface area contributed by atoms with Crippen molar-refractivity contribution >= 4 is 39.2 Å². The molecule has 11 nitrogen and oxygen atoms in total. The molecular formula is C20H24N6O5S2. The molecule has 0 bridgehead atoms. The number of thioether (sulfide) groups is 1. The Labute approximate surface area is 195 Å². The number of hydrogen-bond donors (Lipinski definition) is 1. The average Bonchev–Trinajstić information content (AvgIpc) is 3.21. The minimum atomic E-state index is -3.80. The fourth-order valence-electron chi connectivity index (χ4n) is 3.50. The molecule has 1 fully saturated rings. The highest BCUT2D eigenvalue weighted by Gasteiger charge is 2.29. The first-order valence-electron chi connectivity index (χ1n) is 10.2. The number of sulfonamides is 1. The van der Waals surface area contributed by atoms with Crippen LogP contribution in [0.25, 0.3) is 5.78 Å². The van der Waals surface area contributed by atoms with Gasteiger partial charge in [-0.3, -0.25) is 9.20 Å². The molecule has 1 N–H and O–H groups in total. The van der Waals surface area contributed by atoms with Crippen LogP contribution in [0.15, 0.2) is 34.3 Å². The highest BCUT2D eigenvalue weighted by molar-refractivity contribution is 7.99. The number of rotatable bonds is 7. The van der Waals surface area contributed by atoms with Crippen LogP contribution in [0.2, 0.25) is 0 Å². The zero-order valence-corrected chi connectivity index (χ0v) is 20.1. The van der Waals surface area contributed by atoms with Crippen molar-refractivity contribution in [2.75, 3.05) is 44.5 Å². The van der Waals surface area contributed by atoms with Gasteiger partial charge in [-0.15, -0.1) is 10.2 Å². The lowest BCUT2D eigenvalue weighted by Gasteiger charge is -2.26. The number of carbonyl (C=O) groups is 1. The topological polar surface area (TPSA) is 128 Å². The summed E-state index contributed by atoms with van der Waals surface area (Å²) in [6.07, 6.45) is 0. The smallest absolute Gasteiger partial charge is 0.256 e. The van der Waals surface area contributed by atoms with E-state index in [0.29, 0.717) is 29.8 Å². The first-order valence-corrected chi connectivity index (χ1v) is 12.6. The standard InChI is InChI=1S/C20H24N6O5S2/c1-13-10-14(2)26-19(21-13)23-24-20(26)32-12-18(27)22-15-4-5-16(30-3)17(11-15)33(28,29)25-6-8-31-9-7-25/h4-5,10-11H,6-9,12H2,1-3H3,(H,22,27). The van der Waals surface area contributed by atoms with Crippen molar-refractivity contribution in [2.45, 2.75) is 23.9 Å². The molecule has 4 rings (SSSR count). The van der Waals surface area contributed by atoms with Gasteiger partial charge in [0, 0.05) is 30.2 Å². The van der Waals surface area contributed by atoms with Gasteiger partial charge in [0.25, 0.3) is 5.78 Å². The number of fused-ring (bicyclic) bond motifs is 1. The largest absolute Gasteiger partial charge is 0.495 e. The van der Waals surface area contributed by atoms with Gasteiger partial charge in [0.1, 0.15) is 10.6 Å². The summed E-state index contributed by atoms with van der Waals surface area (Å²) < 4.78 is 39.9. The van der Waals surface area contributed by atoms with Gasteiger partial charge in [-0.1, -0.05) is 11.8 Å². The summed E-state index contributed by atoms with van der Waals surface area (Å²) >= 11 is 1.22. The van der Waals surface area contributed by atoms with Gasteiger partial charge in [-0.25, -0.2) is 13.4 Å². The first-order chi connectivity index (χ1) is 15.8. The Balaban J connectivity index is 1.49. The molecule has 1 aliphatic heterocycles. The van der Waals surface area contributed by atoms with Crippen molar-refractivity contribution in [2.24, 2.45) is 0 Å². The molecule has 176 valence electrons. The molecule has 3 heterocycles. The minimum Gasteiger partial charge on any atom is -0.495 e. The van der Waals surface area contributed by atoms with Gasteiger partial charge in [-0.05, 0) is 38.1 Å².